The Hall–Kier alpha value is -2.07. The van der Waals surface area contributed by atoms with E-state index in [-0.39, 0.29) is 5.91 Å². The summed E-state index contributed by atoms with van der Waals surface area (Å²) in [7, 11) is 0. The highest BCUT2D eigenvalue weighted by atomic mass is 35.5. The fourth-order valence-electron chi connectivity index (χ4n) is 1.70. The van der Waals surface area contributed by atoms with E-state index in [0.717, 1.165) is 5.56 Å². The number of hydrogen-bond donors (Lipinski definition) is 2. The molecule has 1 heterocycles. The van der Waals surface area contributed by atoms with Crippen molar-refractivity contribution in [2.45, 2.75) is 13.5 Å². The van der Waals surface area contributed by atoms with Gasteiger partial charge in [0.05, 0.1) is 23.1 Å². The summed E-state index contributed by atoms with van der Waals surface area (Å²) in [6, 6.07) is 8.97. The SMILES string of the molecule is Cc1ncc(N)cc1C(=O)NCc1cccc(Cl)c1. The Labute approximate surface area is 116 Å². The van der Waals surface area contributed by atoms with Crippen LogP contribution in [0.25, 0.3) is 0 Å². The number of nitrogen functional groups attached to an aromatic ring is 1. The van der Waals surface area contributed by atoms with Crippen LogP contribution in [0.15, 0.2) is 36.5 Å². The minimum Gasteiger partial charge on any atom is -0.397 e. The van der Waals surface area contributed by atoms with Crippen LogP contribution in [0, 0.1) is 6.92 Å². The van der Waals surface area contributed by atoms with Crippen LogP contribution < -0.4 is 11.1 Å². The first-order valence-corrected chi connectivity index (χ1v) is 6.19. The molecule has 0 atom stereocenters. The van der Waals surface area contributed by atoms with E-state index in [1.807, 2.05) is 18.2 Å². The zero-order valence-corrected chi connectivity index (χ0v) is 11.2. The van der Waals surface area contributed by atoms with Gasteiger partial charge in [-0.05, 0) is 30.7 Å². The van der Waals surface area contributed by atoms with Crippen molar-refractivity contribution in [2.75, 3.05) is 5.73 Å². The minimum absolute atomic E-state index is 0.197. The van der Waals surface area contributed by atoms with Gasteiger partial charge >= 0.3 is 0 Å². The molecule has 98 valence electrons. The van der Waals surface area contributed by atoms with Crippen LogP contribution >= 0.6 is 11.6 Å². The van der Waals surface area contributed by atoms with Crippen molar-refractivity contribution in [3.63, 3.8) is 0 Å². The number of carbonyl (C=O) groups excluding carboxylic acids is 1. The molecular weight excluding hydrogens is 262 g/mol. The number of nitrogens with one attached hydrogen (secondary N) is 1. The number of carbonyl (C=O) groups is 1. The molecule has 0 fully saturated rings. The van der Waals surface area contributed by atoms with Gasteiger partial charge in [-0.15, -0.1) is 0 Å². The topological polar surface area (TPSA) is 68.0 Å². The lowest BCUT2D eigenvalue weighted by molar-refractivity contribution is 0.0950. The van der Waals surface area contributed by atoms with Gasteiger partial charge in [-0.25, -0.2) is 0 Å². The fourth-order valence-corrected chi connectivity index (χ4v) is 1.92. The zero-order valence-electron chi connectivity index (χ0n) is 10.5. The molecule has 1 aromatic heterocycles. The molecule has 0 radical (unpaired) electrons. The van der Waals surface area contributed by atoms with E-state index in [9.17, 15) is 4.79 Å². The van der Waals surface area contributed by atoms with Crippen molar-refractivity contribution in [1.29, 1.82) is 0 Å². The largest absolute Gasteiger partial charge is 0.397 e. The Morgan fingerprint density at radius 1 is 1.42 bits per heavy atom. The third-order valence-electron chi connectivity index (χ3n) is 2.69. The summed E-state index contributed by atoms with van der Waals surface area (Å²) in [5, 5.41) is 3.46. The van der Waals surface area contributed by atoms with Crippen molar-refractivity contribution in [2.24, 2.45) is 0 Å². The van der Waals surface area contributed by atoms with E-state index in [4.69, 9.17) is 17.3 Å². The molecule has 0 aliphatic heterocycles. The first kappa shape index (κ1) is 13.4. The van der Waals surface area contributed by atoms with Gasteiger partial charge in [0.2, 0.25) is 0 Å². The average Bonchev–Trinajstić information content (AvgIpc) is 2.39. The van der Waals surface area contributed by atoms with Crippen LogP contribution in [0.5, 0.6) is 0 Å². The van der Waals surface area contributed by atoms with Gasteiger partial charge in [-0.2, -0.15) is 0 Å². The van der Waals surface area contributed by atoms with E-state index < -0.39 is 0 Å². The summed E-state index contributed by atoms with van der Waals surface area (Å²) >= 11 is 5.88. The zero-order chi connectivity index (χ0) is 13.8. The lowest BCUT2D eigenvalue weighted by atomic mass is 10.1. The molecule has 2 aromatic rings. The van der Waals surface area contributed by atoms with Crippen LogP contribution in [0.2, 0.25) is 5.02 Å². The van der Waals surface area contributed by atoms with Gasteiger partial charge in [-0.3, -0.25) is 9.78 Å². The predicted molar refractivity (Wildman–Crippen MR) is 76.0 cm³/mol. The molecule has 0 bridgehead atoms. The van der Waals surface area contributed by atoms with Crippen LogP contribution in [0.3, 0.4) is 0 Å². The van der Waals surface area contributed by atoms with Crippen molar-refractivity contribution in [3.8, 4) is 0 Å². The lowest BCUT2D eigenvalue weighted by Crippen LogP contribution is -2.24. The molecule has 0 aliphatic rings. The number of aromatic nitrogens is 1. The smallest absolute Gasteiger partial charge is 0.253 e. The maximum Gasteiger partial charge on any atom is 0.253 e. The highest BCUT2D eigenvalue weighted by Gasteiger charge is 2.10. The number of rotatable bonds is 3. The van der Waals surface area contributed by atoms with Gasteiger partial charge in [0.15, 0.2) is 0 Å². The molecule has 0 saturated heterocycles. The molecule has 4 nitrogen and oxygen atoms in total. The number of aryl methyl sites for hydroxylation is 1. The highest BCUT2D eigenvalue weighted by molar-refractivity contribution is 6.30. The van der Waals surface area contributed by atoms with E-state index in [0.29, 0.717) is 28.5 Å². The second-order valence-electron chi connectivity index (χ2n) is 4.21. The number of halogens is 1. The van der Waals surface area contributed by atoms with Crippen LogP contribution in [0.4, 0.5) is 5.69 Å². The molecule has 19 heavy (non-hydrogen) atoms. The minimum atomic E-state index is -0.197. The van der Waals surface area contributed by atoms with Gasteiger partial charge in [0.1, 0.15) is 0 Å². The third-order valence-corrected chi connectivity index (χ3v) is 2.93. The first-order chi connectivity index (χ1) is 9.06. The quantitative estimate of drug-likeness (QED) is 0.904. The Morgan fingerprint density at radius 2 is 2.21 bits per heavy atom. The molecule has 0 unspecified atom stereocenters. The summed E-state index contributed by atoms with van der Waals surface area (Å²) in [5.41, 5.74) is 8.18. The number of anilines is 1. The van der Waals surface area contributed by atoms with E-state index in [2.05, 4.69) is 10.3 Å². The van der Waals surface area contributed by atoms with Crippen molar-refractivity contribution < 1.29 is 4.79 Å². The number of benzene rings is 1. The summed E-state index contributed by atoms with van der Waals surface area (Å²) in [6.07, 6.45) is 1.53. The molecule has 3 N–H and O–H groups in total. The second-order valence-corrected chi connectivity index (χ2v) is 4.65. The Bertz CT molecular complexity index is 613. The predicted octanol–water partition coefficient (Wildman–Crippen LogP) is 2.56. The first-order valence-electron chi connectivity index (χ1n) is 5.81. The van der Waals surface area contributed by atoms with Crippen LogP contribution in [-0.2, 0) is 6.54 Å². The lowest BCUT2D eigenvalue weighted by Gasteiger charge is -2.08. The van der Waals surface area contributed by atoms with Crippen LogP contribution in [-0.4, -0.2) is 10.9 Å². The average molecular weight is 276 g/mol. The number of hydrogen-bond acceptors (Lipinski definition) is 3. The van der Waals surface area contributed by atoms with Gasteiger partial charge in [-0.1, -0.05) is 23.7 Å². The van der Waals surface area contributed by atoms with Gasteiger partial charge in [0.25, 0.3) is 5.91 Å². The molecule has 1 amide bonds. The Kier molecular flexibility index (Phi) is 4.02. The monoisotopic (exact) mass is 275 g/mol. The number of pyridine rings is 1. The van der Waals surface area contributed by atoms with Gasteiger partial charge in [0, 0.05) is 11.6 Å². The maximum absolute atomic E-state index is 12.0. The van der Waals surface area contributed by atoms with Crippen molar-refractivity contribution in [1.82, 2.24) is 10.3 Å². The molecule has 1 aromatic carbocycles. The molecule has 5 heteroatoms. The number of nitrogens with two attached hydrogens (primary N) is 1. The normalized spacial score (nSPS) is 10.2. The van der Waals surface area contributed by atoms with E-state index in [1.165, 1.54) is 6.20 Å². The molecule has 0 spiro atoms. The van der Waals surface area contributed by atoms with E-state index in [1.54, 1.807) is 19.1 Å². The Morgan fingerprint density at radius 3 is 2.95 bits per heavy atom. The number of nitrogens with zero attached hydrogens (tertiary/aromatic N) is 1. The second kappa shape index (κ2) is 5.71. The summed E-state index contributed by atoms with van der Waals surface area (Å²) < 4.78 is 0. The summed E-state index contributed by atoms with van der Waals surface area (Å²) in [6.45, 7) is 2.18. The van der Waals surface area contributed by atoms with Gasteiger partial charge < -0.3 is 11.1 Å². The van der Waals surface area contributed by atoms with Crippen molar-refractivity contribution in [3.05, 3.63) is 58.4 Å². The maximum atomic E-state index is 12.0. The molecular formula is C14H14ClN3O. The summed E-state index contributed by atoms with van der Waals surface area (Å²) in [4.78, 5) is 16.1. The fraction of sp³-hybridized carbons (Fsp3) is 0.143. The molecule has 2 rings (SSSR count). The molecule has 0 saturated carbocycles. The van der Waals surface area contributed by atoms with Crippen LogP contribution in [0.1, 0.15) is 21.6 Å². The van der Waals surface area contributed by atoms with Crippen molar-refractivity contribution >= 4 is 23.2 Å². The van der Waals surface area contributed by atoms with E-state index >= 15 is 0 Å². The molecule has 0 aliphatic carbocycles. The third kappa shape index (κ3) is 3.45. The standard InChI is InChI=1S/C14H14ClN3O/c1-9-13(6-12(16)8-17-9)14(19)18-7-10-3-2-4-11(15)5-10/h2-6,8H,7,16H2,1H3,(H,18,19). The number of amides is 1. The highest BCUT2D eigenvalue weighted by Crippen LogP contribution is 2.12. The Balaban J connectivity index is 2.07. The summed E-state index contributed by atoms with van der Waals surface area (Å²) in [5.74, 6) is -0.197.